The van der Waals surface area contributed by atoms with Crippen molar-refractivity contribution in [3.05, 3.63) is 45.6 Å². The van der Waals surface area contributed by atoms with Gasteiger partial charge in [-0.05, 0) is 36.4 Å². The second-order valence-electron chi connectivity index (χ2n) is 3.64. The lowest BCUT2D eigenvalue weighted by Crippen LogP contribution is -2.27. The second kappa shape index (κ2) is 5.75. The number of thiophene rings is 1. The highest BCUT2D eigenvalue weighted by molar-refractivity contribution is 7.16. The van der Waals surface area contributed by atoms with Gasteiger partial charge in [-0.25, -0.2) is 4.79 Å². The van der Waals surface area contributed by atoms with E-state index in [1.54, 1.807) is 30.3 Å². The SMILES string of the molecule is Nc1ccc(NC(=O)NCc2ccc(Cl)s2)cc1. The molecule has 1 aromatic carbocycles. The van der Waals surface area contributed by atoms with E-state index in [1.807, 2.05) is 6.07 Å². The third kappa shape index (κ3) is 3.65. The molecule has 0 atom stereocenters. The summed E-state index contributed by atoms with van der Waals surface area (Å²) in [6.45, 7) is 0.457. The highest BCUT2D eigenvalue weighted by Gasteiger charge is 2.03. The second-order valence-corrected chi connectivity index (χ2v) is 5.44. The van der Waals surface area contributed by atoms with Crippen LogP contribution in [-0.2, 0) is 6.54 Å². The number of carbonyl (C=O) groups is 1. The summed E-state index contributed by atoms with van der Waals surface area (Å²) in [6, 6.07) is 10.4. The number of amides is 2. The Labute approximate surface area is 114 Å². The number of nitrogens with two attached hydrogens (primary N) is 1. The van der Waals surface area contributed by atoms with Crippen molar-refractivity contribution in [2.75, 3.05) is 11.1 Å². The molecular formula is C12H12ClN3OS. The van der Waals surface area contributed by atoms with Crippen LogP contribution in [0.2, 0.25) is 4.34 Å². The molecule has 0 aliphatic rings. The lowest BCUT2D eigenvalue weighted by atomic mass is 10.3. The van der Waals surface area contributed by atoms with Crippen molar-refractivity contribution in [3.8, 4) is 0 Å². The van der Waals surface area contributed by atoms with Gasteiger partial charge in [0.05, 0.1) is 10.9 Å². The van der Waals surface area contributed by atoms with Crippen LogP contribution in [0.15, 0.2) is 36.4 Å². The molecule has 0 spiro atoms. The first-order valence-electron chi connectivity index (χ1n) is 5.28. The highest BCUT2D eigenvalue weighted by Crippen LogP contribution is 2.21. The zero-order chi connectivity index (χ0) is 13.0. The van der Waals surface area contributed by atoms with E-state index in [0.29, 0.717) is 22.3 Å². The maximum atomic E-state index is 11.6. The maximum Gasteiger partial charge on any atom is 0.319 e. The average Bonchev–Trinajstić information content (AvgIpc) is 2.76. The van der Waals surface area contributed by atoms with E-state index in [9.17, 15) is 4.79 Å². The Bertz CT molecular complexity index is 539. The van der Waals surface area contributed by atoms with Gasteiger partial charge in [0.25, 0.3) is 0 Å². The lowest BCUT2D eigenvalue weighted by Gasteiger charge is -2.06. The first kappa shape index (κ1) is 12.7. The fourth-order valence-corrected chi connectivity index (χ4v) is 2.38. The Morgan fingerprint density at radius 1 is 1.22 bits per heavy atom. The number of anilines is 2. The van der Waals surface area contributed by atoms with E-state index >= 15 is 0 Å². The Morgan fingerprint density at radius 3 is 2.56 bits per heavy atom. The zero-order valence-corrected chi connectivity index (χ0v) is 11.0. The Balaban J connectivity index is 1.83. The molecule has 0 saturated heterocycles. The number of nitrogen functional groups attached to an aromatic ring is 1. The molecule has 2 aromatic rings. The van der Waals surface area contributed by atoms with Gasteiger partial charge in [0, 0.05) is 16.3 Å². The minimum Gasteiger partial charge on any atom is -0.399 e. The molecule has 0 radical (unpaired) electrons. The number of hydrogen-bond acceptors (Lipinski definition) is 3. The first-order valence-corrected chi connectivity index (χ1v) is 6.47. The van der Waals surface area contributed by atoms with Crippen molar-refractivity contribution in [3.63, 3.8) is 0 Å². The molecule has 2 amide bonds. The highest BCUT2D eigenvalue weighted by atomic mass is 35.5. The molecule has 1 aromatic heterocycles. The fourth-order valence-electron chi connectivity index (χ4n) is 1.36. The Morgan fingerprint density at radius 2 is 1.94 bits per heavy atom. The van der Waals surface area contributed by atoms with Gasteiger partial charge in [-0.3, -0.25) is 0 Å². The molecular weight excluding hydrogens is 270 g/mol. The van der Waals surface area contributed by atoms with Crippen LogP contribution in [0, 0.1) is 0 Å². The predicted molar refractivity (Wildman–Crippen MR) is 76.0 cm³/mol. The molecule has 0 fully saturated rings. The van der Waals surface area contributed by atoms with Gasteiger partial charge < -0.3 is 16.4 Å². The Hall–Kier alpha value is -1.72. The van der Waals surface area contributed by atoms with Crippen LogP contribution < -0.4 is 16.4 Å². The zero-order valence-electron chi connectivity index (χ0n) is 9.44. The van der Waals surface area contributed by atoms with Crippen LogP contribution in [0.1, 0.15) is 4.88 Å². The topological polar surface area (TPSA) is 67.1 Å². The van der Waals surface area contributed by atoms with Crippen molar-refractivity contribution in [2.45, 2.75) is 6.54 Å². The van der Waals surface area contributed by atoms with E-state index in [4.69, 9.17) is 17.3 Å². The van der Waals surface area contributed by atoms with E-state index in [2.05, 4.69) is 10.6 Å². The van der Waals surface area contributed by atoms with Gasteiger partial charge in [-0.2, -0.15) is 0 Å². The minimum absolute atomic E-state index is 0.260. The van der Waals surface area contributed by atoms with Crippen LogP contribution in [-0.4, -0.2) is 6.03 Å². The van der Waals surface area contributed by atoms with E-state index in [0.717, 1.165) is 4.88 Å². The van der Waals surface area contributed by atoms with Crippen LogP contribution in [0.25, 0.3) is 0 Å². The van der Waals surface area contributed by atoms with Crippen LogP contribution in [0.5, 0.6) is 0 Å². The van der Waals surface area contributed by atoms with Crippen molar-refractivity contribution >= 4 is 40.3 Å². The number of urea groups is 1. The molecule has 0 bridgehead atoms. The maximum absolute atomic E-state index is 11.6. The number of carbonyl (C=O) groups excluding carboxylic acids is 1. The Kier molecular flexibility index (Phi) is 4.07. The summed E-state index contributed by atoms with van der Waals surface area (Å²) in [5.41, 5.74) is 6.92. The number of hydrogen-bond donors (Lipinski definition) is 3. The van der Waals surface area contributed by atoms with Crippen LogP contribution >= 0.6 is 22.9 Å². The minimum atomic E-state index is -0.260. The molecule has 18 heavy (non-hydrogen) atoms. The summed E-state index contributed by atoms with van der Waals surface area (Å²) in [5.74, 6) is 0. The average molecular weight is 282 g/mol. The summed E-state index contributed by atoms with van der Waals surface area (Å²) in [6.07, 6.45) is 0. The van der Waals surface area contributed by atoms with Crippen LogP contribution in [0.4, 0.5) is 16.2 Å². The fraction of sp³-hybridized carbons (Fsp3) is 0.0833. The summed E-state index contributed by atoms with van der Waals surface area (Å²) in [7, 11) is 0. The molecule has 0 unspecified atom stereocenters. The van der Waals surface area contributed by atoms with Crippen molar-refractivity contribution in [2.24, 2.45) is 0 Å². The normalized spacial score (nSPS) is 10.1. The van der Waals surface area contributed by atoms with Crippen molar-refractivity contribution < 1.29 is 4.79 Å². The standard InChI is InChI=1S/C12H12ClN3OS/c13-11-6-5-10(18-11)7-15-12(17)16-9-3-1-8(14)2-4-9/h1-6H,7,14H2,(H2,15,16,17). The van der Waals surface area contributed by atoms with Gasteiger partial charge in [0.2, 0.25) is 0 Å². The quantitative estimate of drug-likeness (QED) is 0.756. The molecule has 4 N–H and O–H groups in total. The van der Waals surface area contributed by atoms with E-state index < -0.39 is 0 Å². The monoisotopic (exact) mass is 281 g/mol. The third-order valence-electron chi connectivity index (χ3n) is 2.22. The molecule has 0 aliphatic carbocycles. The van der Waals surface area contributed by atoms with Gasteiger partial charge >= 0.3 is 6.03 Å². The summed E-state index contributed by atoms with van der Waals surface area (Å²) in [4.78, 5) is 12.6. The molecule has 0 aliphatic heterocycles. The largest absolute Gasteiger partial charge is 0.399 e. The number of nitrogens with one attached hydrogen (secondary N) is 2. The summed E-state index contributed by atoms with van der Waals surface area (Å²) < 4.78 is 0.714. The van der Waals surface area contributed by atoms with Crippen molar-refractivity contribution in [1.82, 2.24) is 5.32 Å². The van der Waals surface area contributed by atoms with Gasteiger partial charge in [0.1, 0.15) is 0 Å². The lowest BCUT2D eigenvalue weighted by molar-refractivity contribution is 0.252. The molecule has 4 nitrogen and oxygen atoms in total. The van der Waals surface area contributed by atoms with E-state index in [1.165, 1.54) is 11.3 Å². The molecule has 0 saturated carbocycles. The smallest absolute Gasteiger partial charge is 0.319 e. The molecule has 94 valence electrons. The van der Waals surface area contributed by atoms with Crippen LogP contribution in [0.3, 0.4) is 0 Å². The van der Waals surface area contributed by atoms with Gasteiger partial charge in [-0.15, -0.1) is 11.3 Å². The van der Waals surface area contributed by atoms with Gasteiger partial charge in [-0.1, -0.05) is 11.6 Å². The molecule has 6 heteroatoms. The molecule has 1 heterocycles. The number of halogens is 1. The number of rotatable bonds is 3. The first-order chi connectivity index (χ1) is 8.63. The van der Waals surface area contributed by atoms with E-state index in [-0.39, 0.29) is 6.03 Å². The van der Waals surface area contributed by atoms with Gasteiger partial charge in [0.15, 0.2) is 0 Å². The predicted octanol–water partition coefficient (Wildman–Crippen LogP) is 3.31. The third-order valence-corrected chi connectivity index (χ3v) is 3.45. The number of benzene rings is 1. The summed E-state index contributed by atoms with van der Waals surface area (Å²) in [5, 5.41) is 5.46. The molecule has 2 rings (SSSR count). The van der Waals surface area contributed by atoms with Crippen molar-refractivity contribution in [1.29, 1.82) is 0 Å². The summed E-state index contributed by atoms with van der Waals surface area (Å²) >= 11 is 7.24.